The van der Waals surface area contributed by atoms with Gasteiger partial charge in [0, 0.05) is 12.4 Å². The maximum absolute atomic E-state index is 9.00. The summed E-state index contributed by atoms with van der Waals surface area (Å²) in [4.78, 5) is 4.02. The third-order valence-corrected chi connectivity index (χ3v) is 1.92. The average Bonchev–Trinajstić information content (AvgIpc) is 2.17. The molecule has 0 fully saturated rings. The highest BCUT2D eigenvalue weighted by molar-refractivity contribution is 6.49. The summed E-state index contributed by atoms with van der Waals surface area (Å²) in [7, 11) is 0.0500. The summed E-state index contributed by atoms with van der Waals surface area (Å²) in [5, 5.41) is 11.1. The van der Waals surface area contributed by atoms with E-state index in [1.54, 1.807) is 12.4 Å². The van der Waals surface area contributed by atoms with Gasteiger partial charge in [-0.25, -0.2) is 0 Å². The Kier molecular flexibility index (Phi) is 1.80. The molecule has 58 valence electrons. The molecular formula is C9H8BNO. The number of hydrogen-bond acceptors (Lipinski definition) is 2. The van der Waals surface area contributed by atoms with Crippen LogP contribution in [0, 0.1) is 0 Å². The van der Waals surface area contributed by atoms with Crippen LogP contribution >= 0.6 is 0 Å². The molecule has 0 saturated carbocycles. The van der Waals surface area contributed by atoms with Crippen LogP contribution in [-0.4, -0.2) is 17.5 Å². The van der Waals surface area contributed by atoms with Gasteiger partial charge in [0.25, 0.3) is 0 Å². The van der Waals surface area contributed by atoms with E-state index in [4.69, 9.17) is 5.02 Å². The lowest BCUT2D eigenvalue weighted by Gasteiger charge is -2.00. The first-order valence-corrected chi connectivity index (χ1v) is 3.84. The molecule has 0 amide bonds. The zero-order chi connectivity index (χ0) is 8.39. The molecule has 12 heavy (non-hydrogen) atoms. The highest BCUT2D eigenvalue weighted by atomic mass is 16.2. The molecule has 0 aliphatic rings. The fourth-order valence-electron chi connectivity index (χ4n) is 1.31. The van der Waals surface area contributed by atoms with Crippen molar-refractivity contribution in [2.45, 2.75) is 0 Å². The summed E-state index contributed by atoms with van der Waals surface area (Å²) in [5.74, 6) is 0. The van der Waals surface area contributed by atoms with Crippen molar-refractivity contribution in [2.75, 3.05) is 0 Å². The Hall–Kier alpha value is -1.35. The third kappa shape index (κ3) is 1.08. The van der Waals surface area contributed by atoms with E-state index in [1.165, 1.54) is 0 Å². The Morgan fingerprint density at radius 1 is 1.17 bits per heavy atom. The molecule has 1 aromatic heterocycles. The van der Waals surface area contributed by atoms with E-state index >= 15 is 0 Å². The molecule has 2 nitrogen and oxygen atoms in total. The van der Waals surface area contributed by atoms with Crippen LogP contribution in [0.2, 0.25) is 0 Å². The molecule has 0 saturated heterocycles. The fraction of sp³-hybridized carbons (Fsp3) is 0. The number of rotatable bonds is 1. The highest BCUT2D eigenvalue weighted by Crippen LogP contribution is 2.07. The maximum atomic E-state index is 9.00. The lowest BCUT2D eigenvalue weighted by molar-refractivity contribution is 0.615. The van der Waals surface area contributed by atoms with E-state index < -0.39 is 0 Å². The second kappa shape index (κ2) is 2.95. The summed E-state index contributed by atoms with van der Waals surface area (Å²) in [6.07, 6.45) is 3.50. The second-order valence-corrected chi connectivity index (χ2v) is 2.68. The van der Waals surface area contributed by atoms with Crippen LogP contribution in [0.3, 0.4) is 0 Å². The second-order valence-electron chi connectivity index (χ2n) is 2.68. The van der Waals surface area contributed by atoms with Crippen LogP contribution in [0.1, 0.15) is 0 Å². The number of aromatic nitrogens is 1. The molecule has 1 aromatic carbocycles. The molecular weight excluding hydrogens is 149 g/mol. The van der Waals surface area contributed by atoms with Crippen molar-refractivity contribution in [3.8, 4) is 0 Å². The van der Waals surface area contributed by atoms with Crippen LogP contribution in [0.25, 0.3) is 10.8 Å². The number of pyridine rings is 1. The minimum absolute atomic E-state index is 0.0500. The molecule has 0 spiro atoms. The zero-order valence-electron chi connectivity index (χ0n) is 6.57. The molecule has 1 N–H and O–H groups in total. The quantitative estimate of drug-likeness (QED) is 0.600. The van der Waals surface area contributed by atoms with Gasteiger partial charge in [0.05, 0.1) is 0 Å². The van der Waals surface area contributed by atoms with Gasteiger partial charge in [0.15, 0.2) is 0 Å². The number of nitrogens with zero attached hydrogens (tertiary/aromatic N) is 1. The number of benzene rings is 1. The van der Waals surface area contributed by atoms with Gasteiger partial charge >= 0.3 is 7.48 Å². The van der Waals surface area contributed by atoms with Crippen molar-refractivity contribution in [1.82, 2.24) is 4.98 Å². The molecule has 0 atom stereocenters. The Bertz CT molecular complexity index is 397. The molecule has 0 aliphatic heterocycles. The summed E-state index contributed by atoms with van der Waals surface area (Å²) in [6.45, 7) is 0. The van der Waals surface area contributed by atoms with E-state index in [1.807, 2.05) is 24.3 Å². The van der Waals surface area contributed by atoms with Crippen molar-refractivity contribution in [1.29, 1.82) is 0 Å². The maximum Gasteiger partial charge on any atom is 0.306 e. The molecule has 0 bridgehead atoms. The predicted octanol–water partition coefficient (Wildman–Crippen LogP) is 0.204. The zero-order valence-corrected chi connectivity index (χ0v) is 6.57. The van der Waals surface area contributed by atoms with Gasteiger partial charge in [0.2, 0.25) is 0 Å². The van der Waals surface area contributed by atoms with E-state index in [-0.39, 0.29) is 7.48 Å². The lowest BCUT2D eigenvalue weighted by atomic mass is 9.86. The van der Waals surface area contributed by atoms with Gasteiger partial charge in [0.1, 0.15) is 0 Å². The first-order valence-electron chi connectivity index (χ1n) is 3.84. The van der Waals surface area contributed by atoms with Gasteiger partial charge < -0.3 is 5.02 Å². The Labute approximate surface area is 71.1 Å². The van der Waals surface area contributed by atoms with Crippen molar-refractivity contribution in [3.63, 3.8) is 0 Å². The summed E-state index contributed by atoms with van der Waals surface area (Å²) in [6, 6.07) is 7.90. The standard InChI is InChI=1S/C9H8BNO/c12-10-9-6-11-5-7-3-1-2-4-8(7)9/h1-6,10,12H. The molecule has 2 aromatic rings. The predicted molar refractivity (Wildman–Crippen MR) is 50.7 cm³/mol. The molecule has 0 unspecified atom stereocenters. The fourth-order valence-corrected chi connectivity index (χ4v) is 1.31. The molecule has 0 aliphatic carbocycles. The molecule has 3 heteroatoms. The first kappa shape index (κ1) is 7.31. The van der Waals surface area contributed by atoms with Gasteiger partial charge in [-0.1, -0.05) is 24.3 Å². The molecule has 0 radical (unpaired) electrons. The Morgan fingerprint density at radius 3 is 2.83 bits per heavy atom. The number of fused-ring (bicyclic) bond motifs is 1. The van der Waals surface area contributed by atoms with Crippen molar-refractivity contribution in [3.05, 3.63) is 36.7 Å². The Morgan fingerprint density at radius 2 is 2.00 bits per heavy atom. The van der Waals surface area contributed by atoms with Crippen LogP contribution in [0.5, 0.6) is 0 Å². The van der Waals surface area contributed by atoms with Gasteiger partial charge in [-0.2, -0.15) is 0 Å². The third-order valence-electron chi connectivity index (χ3n) is 1.92. The van der Waals surface area contributed by atoms with Crippen LogP contribution in [0.4, 0.5) is 0 Å². The monoisotopic (exact) mass is 157 g/mol. The summed E-state index contributed by atoms with van der Waals surface area (Å²) in [5.41, 5.74) is 0.883. The van der Waals surface area contributed by atoms with E-state index in [0.717, 1.165) is 16.2 Å². The highest BCUT2D eigenvalue weighted by Gasteiger charge is 1.99. The van der Waals surface area contributed by atoms with Crippen LogP contribution < -0.4 is 5.46 Å². The molecule has 2 rings (SSSR count). The first-order chi connectivity index (χ1) is 5.92. The topological polar surface area (TPSA) is 33.1 Å². The lowest BCUT2D eigenvalue weighted by Crippen LogP contribution is -2.14. The average molecular weight is 157 g/mol. The summed E-state index contributed by atoms with van der Waals surface area (Å²) < 4.78 is 0. The van der Waals surface area contributed by atoms with Gasteiger partial charge in [-0.15, -0.1) is 0 Å². The van der Waals surface area contributed by atoms with Crippen LogP contribution in [0.15, 0.2) is 36.7 Å². The summed E-state index contributed by atoms with van der Waals surface area (Å²) >= 11 is 0. The van der Waals surface area contributed by atoms with Crippen molar-refractivity contribution < 1.29 is 5.02 Å². The molecule has 1 heterocycles. The minimum atomic E-state index is 0.0500. The number of hydrogen-bond donors (Lipinski definition) is 1. The van der Waals surface area contributed by atoms with Gasteiger partial charge in [-0.3, -0.25) is 4.98 Å². The normalized spacial score (nSPS) is 10.1. The van der Waals surface area contributed by atoms with E-state index in [9.17, 15) is 0 Å². The minimum Gasteiger partial charge on any atom is -0.449 e. The van der Waals surface area contributed by atoms with Crippen molar-refractivity contribution in [2.24, 2.45) is 0 Å². The largest absolute Gasteiger partial charge is 0.449 e. The Balaban J connectivity index is 2.79. The van der Waals surface area contributed by atoms with E-state index in [2.05, 4.69) is 4.98 Å². The SMILES string of the molecule is OBc1cncc2ccccc12. The smallest absolute Gasteiger partial charge is 0.306 e. The van der Waals surface area contributed by atoms with E-state index in [0.29, 0.717) is 0 Å². The van der Waals surface area contributed by atoms with Crippen LogP contribution in [-0.2, 0) is 0 Å². The van der Waals surface area contributed by atoms with Gasteiger partial charge in [-0.05, 0) is 16.2 Å². The van der Waals surface area contributed by atoms with Crippen molar-refractivity contribution >= 4 is 23.7 Å².